The van der Waals surface area contributed by atoms with E-state index in [0.29, 0.717) is 0 Å². The lowest BCUT2D eigenvalue weighted by Gasteiger charge is -2.04. The summed E-state index contributed by atoms with van der Waals surface area (Å²) in [6.45, 7) is 1.32. The second kappa shape index (κ2) is 9.36. The van der Waals surface area contributed by atoms with Crippen molar-refractivity contribution in [1.29, 1.82) is 0 Å². The molecule has 0 spiro atoms. The van der Waals surface area contributed by atoms with Crippen LogP contribution in [0.5, 0.6) is 5.75 Å². The smallest absolute Gasteiger partial charge is 0.423 e. The summed E-state index contributed by atoms with van der Waals surface area (Å²) in [4.78, 5) is 14.7. The number of halogens is 1. The van der Waals surface area contributed by atoms with Crippen molar-refractivity contribution in [3.05, 3.63) is 86.7 Å². The average Bonchev–Trinajstić information content (AvgIpc) is 2.98. The van der Waals surface area contributed by atoms with Crippen molar-refractivity contribution >= 4 is 38.5 Å². The Morgan fingerprint density at radius 2 is 1.78 bits per heavy atom. The van der Waals surface area contributed by atoms with Gasteiger partial charge in [-0.25, -0.2) is 4.79 Å². The number of aromatic nitrogens is 1. The fourth-order valence-electron chi connectivity index (χ4n) is 1.88. The lowest BCUT2D eigenvalue weighted by atomic mass is 10.2. The molecule has 0 saturated carbocycles. The van der Waals surface area contributed by atoms with Crippen LogP contribution in [0.15, 0.2) is 68.5 Å². The molecule has 0 bridgehead atoms. The van der Waals surface area contributed by atoms with Gasteiger partial charge in [0, 0.05) is 16.7 Å². The van der Waals surface area contributed by atoms with Gasteiger partial charge < -0.3 is 13.6 Å². The molecular weight excluding hydrogens is 438 g/mol. The molecule has 0 aromatic carbocycles. The molecule has 2 heterocycles. The van der Waals surface area contributed by atoms with Gasteiger partial charge in [0.1, 0.15) is 5.76 Å². The van der Waals surface area contributed by atoms with Crippen LogP contribution in [0, 0.1) is 6.92 Å². The third-order valence-electron chi connectivity index (χ3n) is 3.16. The van der Waals surface area contributed by atoms with E-state index in [-0.39, 0.29) is 17.1 Å². The Kier molecular flexibility index (Phi) is 7.17. The predicted octanol–water partition coefficient (Wildman–Crippen LogP) is 4.06. The summed E-state index contributed by atoms with van der Waals surface area (Å²) in [6.07, 6.45) is 15.7. The van der Waals surface area contributed by atoms with Crippen LogP contribution in [-0.2, 0) is 10.4 Å². The number of nitrogens with one attached hydrogen (secondary N) is 1. The Bertz CT molecular complexity index is 1070. The second-order valence-corrected chi connectivity index (χ2v) is 7.04. The topological polar surface area (TPSA) is 110 Å². The summed E-state index contributed by atoms with van der Waals surface area (Å²) in [5.74, 6) is -0.215. The fourth-order valence-corrected chi connectivity index (χ4v) is 2.66. The molecule has 2 N–H and O–H groups in total. The van der Waals surface area contributed by atoms with Crippen molar-refractivity contribution in [3.8, 4) is 5.75 Å². The minimum atomic E-state index is -4.73. The summed E-state index contributed by atoms with van der Waals surface area (Å²) in [5, 5.41) is 0. The van der Waals surface area contributed by atoms with Gasteiger partial charge in [-0.2, -0.15) is 8.42 Å². The van der Waals surface area contributed by atoms with Gasteiger partial charge in [0.25, 0.3) is 0 Å². The first-order valence-electron chi connectivity index (χ1n) is 7.59. The summed E-state index contributed by atoms with van der Waals surface area (Å²) in [5.41, 5.74) is 0.130. The highest BCUT2D eigenvalue weighted by Gasteiger charge is 2.14. The van der Waals surface area contributed by atoms with Crippen LogP contribution in [0.1, 0.15) is 17.0 Å². The molecule has 0 saturated heterocycles. The van der Waals surface area contributed by atoms with Gasteiger partial charge in [-0.05, 0) is 41.1 Å². The summed E-state index contributed by atoms with van der Waals surface area (Å²) < 4.78 is 40.7. The van der Waals surface area contributed by atoms with Crippen LogP contribution < -0.4 is 9.81 Å². The van der Waals surface area contributed by atoms with E-state index in [2.05, 4.69) is 25.1 Å². The molecule has 27 heavy (non-hydrogen) atoms. The Morgan fingerprint density at radius 1 is 1.15 bits per heavy atom. The quantitative estimate of drug-likeness (QED) is 0.483. The van der Waals surface area contributed by atoms with Crippen LogP contribution in [-0.4, -0.2) is 18.0 Å². The predicted molar refractivity (Wildman–Crippen MR) is 107 cm³/mol. The number of H-pyrrole nitrogens is 1. The molecule has 0 aliphatic carbocycles. The average molecular weight is 454 g/mol. The maximum absolute atomic E-state index is 11.7. The largest absolute Gasteiger partial charge is 0.446 e. The zero-order chi connectivity index (χ0) is 19.9. The molecule has 2 aromatic heterocycles. The number of hydrogen-bond acceptors (Lipinski definition) is 5. The normalized spacial score (nSPS) is 12.9. The lowest BCUT2D eigenvalue weighted by Crippen LogP contribution is -2.12. The van der Waals surface area contributed by atoms with Crippen LogP contribution in [0.3, 0.4) is 0 Å². The van der Waals surface area contributed by atoms with Crippen molar-refractivity contribution in [2.24, 2.45) is 0 Å². The van der Waals surface area contributed by atoms with Crippen LogP contribution in [0.25, 0.3) is 12.2 Å². The van der Waals surface area contributed by atoms with Crippen molar-refractivity contribution in [2.75, 3.05) is 0 Å². The SMILES string of the molecule is Cc1c(OS(=O)(=O)O)cc(C=CC=CC=CC=Cc2[nH]ccc2Br)oc1=O. The minimum Gasteiger partial charge on any atom is -0.423 e. The summed E-state index contributed by atoms with van der Waals surface area (Å²) in [6, 6.07) is 3.10. The third kappa shape index (κ3) is 6.89. The molecular formula is C18H16BrNO6S. The zero-order valence-corrected chi connectivity index (χ0v) is 16.5. The molecule has 0 radical (unpaired) electrons. The Hall–Kier alpha value is -2.62. The van der Waals surface area contributed by atoms with Gasteiger partial charge in [-0.15, -0.1) is 0 Å². The Morgan fingerprint density at radius 3 is 2.37 bits per heavy atom. The van der Waals surface area contributed by atoms with E-state index in [9.17, 15) is 13.2 Å². The van der Waals surface area contributed by atoms with Crippen LogP contribution in [0.4, 0.5) is 0 Å². The van der Waals surface area contributed by atoms with E-state index in [1.165, 1.54) is 19.1 Å². The first kappa shape index (κ1) is 20.7. The molecule has 9 heteroatoms. The molecule has 0 fully saturated rings. The molecule has 0 aliphatic rings. The molecule has 0 aliphatic heterocycles. The number of allylic oxidation sites excluding steroid dienone is 6. The summed E-state index contributed by atoms with van der Waals surface area (Å²) in [7, 11) is -4.73. The fraction of sp³-hybridized carbons (Fsp3) is 0.0556. The number of aromatic amines is 1. The molecule has 0 unspecified atom stereocenters. The van der Waals surface area contributed by atoms with Gasteiger partial charge in [-0.1, -0.05) is 36.5 Å². The molecule has 142 valence electrons. The van der Waals surface area contributed by atoms with E-state index >= 15 is 0 Å². The molecule has 2 rings (SSSR count). The lowest BCUT2D eigenvalue weighted by molar-refractivity contribution is 0.381. The highest BCUT2D eigenvalue weighted by atomic mass is 79.9. The van der Waals surface area contributed by atoms with Gasteiger partial charge >= 0.3 is 16.0 Å². The Balaban J connectivity index is 2.00. The van der Waals surface area contributed by atoms with Gasteiger partial charge in [0.2, 0.25) is 0 Å². The highest BCUT2D eigenvalue weighted by molar-refractivity contribution is 9.10. The maximum Gasteiger partial charge on any atom is 0.446 e. The third-order valence-corrected chi connectivity index (χ3v) is 4.24. The van der Waals surface area contributed by atoms with Crippen molar-refractivity contribution in [1.82, 2.24) is 4.98 Å². The number of hydrogen-bond donors (Lipinski definition) is 2. The van der Waals surface area contributed by atoms with Crippen molar-refractivity contribution in [2.45, 2.75) is 6.92 Å². The van der Waals surface area contributed by atoms with Crippen LogP contribution in [0.2, 0.25) is 0 Å². The van der Waals surface area contributed by atoms with E-state index < -0.39 is 16.0 Å². The van der Waals surface area contributed by atoms with Gasteiger partial charge in [0.15, 0.2) is 5.75 Å². The zero-order valence-electron chi connectivity index (χ0n) is 14.1. The molecule has 0 atom stereocenters. The second-order valence-electron chi connectivity index (χ2n) is 5.16. The highest BCUT2D eigenvalue weighted by Crippen LogP contribution is 2.18. The monoisotopic (exact) mass is 453 g/mol. The maximum atomic E-state index is 11.7. The standard InChI is InChI=1S/C18H16BrNO6S/c1-13-17(26-27(22,23)24)12-14(25-18(13)21)8-6-4-2-3-5-7-9-16-15(19)10-11-20-16/h2-12,20H,1H3,(H,22,23,24). The van der Waals surface area contributed by atoms with Crippen molar-refractivity contribution < 1.29 is 21.6 Å². The minimum absolute atomic E-state index is 0.0660. The van der Waals surface area contributed by atoms with Gasteiger partial charge in [-0.3, -0.25) is 4.55 Å². The molecule has 0 amide bonds. The first-order valence-corrected chi connectivity index (χ1v) is 9.74. The van der Waals surface area contributed by atoms with E-state index in [0.717, 1.165) is 10.2 Å². The molecule has 2 aromatic rings. The van der Waals surface area contributed by atoms with E-state index in [1.807, 2.05) is 30.5 Å². The first-order chi connectivity index (χ1) is 12.8. The Labute approximate surface area is 164 Å². The summed E-state index contributed by atoms with van der Waals surface area (Å²) >= 11 is 3.41. The van der Waals surface area contributed by atoms with Crippen LogP contribution >= 0.6 is 15.9 Å². The van der Waals surface area contributed by atoms with E-state index in [1.54, 1.807) is 24.3 Å². The van der Waals surface area contributed by atoms with E-state index in [4.69, 9.17) is 8.97 Å². The number of rotatable bonds is 7. The van der Waals surface area contributed by atoms with Crippen molar-refractivity contribution in [3.63, 3.8) is 0 Å². The van der Waals surface area contributed by atoms with Gasteiger partial charge in [0.05, 0.1) is 11.3 Å². The molecule has 7 nitrogen and oxygen atoms in total.